The van der Waals surface area contributed by atoms with Gasteiger partial charge in [-0.1, -0.05) is 43.9 Å². The maximum absolute atomic E-state index is 12.8. The van der Waals surface area contributed by atoms with Crippen molar-refractivity contribution in [2.24, 2.45) is 5.92 Å². The third kappa shape index (κ3) is 7.86. The molecule has 3 rings (SSSR count). The minimum absolute atomic E-state index is 0.0899. The van der Waals surface area contributed by atoms with Crippen LogP contribution in [0.2, 0.25) is 0 Å². The molecule has 2 aromatic rings. The van der Waals surface area contributed by atoms with Gasteiger partial charge in [0.05, 0.1) is 19.9 Å². The van der Waals surface area contributed by atoms with E-state index in [4.69, 9.17) is 9.47 Å². The number of hydrogen-bond donors (Lipinski definition) is 1. The normalized spacial score (nSPS) is 14.7. The molecule has 1 N–H and O–H groups in total. The van der Waals surface area contributed by atoms with Gasteiger partial charge < -0.3 is 19.7 Å². The van der Waals surface area contributed by atoms with Gasteiger partial charge in [-0.2, -0.15) is 13.2 Å². The fourth-order valence-corrected chi connectivity index (χ4v) is 5.26. The van der Waals surface area contributed by atoms with E-state index in [0.717, 1.165) is 36.1 Å². The van der Waals surface area contributed by atoms with Gasteiger partial charge in [0, 0.05) is 24.0 Å². The molecule has 0 heterocycles. The monoisotopic (exact) mass is 572 g/mol. The second kappa shape index (κ2) is 14.0. The standard InChI is InChI=1S/C33H43F3N2O3/c1-8-11-22(4)30(24-12-10-13-24)25-14-15-27(23(5)16-25)38(19-21(3)9-2)26-17-28(40-6)31(29(18-26)41-7)32(39)37-20-33(34,35)36/h14-19,24H,8-13,20H2,1-7H3,(H,37,39)/b21-19-,30-22-. The van der Waals surface area contributed by atoms with Gasteiger partial charge in [0.25, 0.3) is 5.91 Å². The zero-order chi connectivity index (χ0) is 30.3. The Hall–Kier alpha value is -3.42. The molecule has 0 bridgehead atoms. The number of halogens is 3. The van der Waals surface area contributed by atoms with Crippen molar-refractivity contribution in [3.63, 3.8) is 0 Å². The number of benzene rings is 2. The van der Waals surface area contributed by atoms with Crippen LogP contribution in [-0.4, -0.2) is 32.8 Å². The van der Waals surface area contributed by atoms with Gasteiger partial charge in [-0.05, 0) is 81.2 Å². The molecule has 224 valence electrons. The van der Waals surface area contributed by atoms with E-state index in [1.807, 2.05) is 23.3 Å². The summed E-state index contributed by atoms with van der Waals surface area (Å²) in [5, 5.41) is 1.92. The van der Waals surface area contributed by atoms with Gasteiger partial charge in [0.15, 0.2) is 0 Å². The average molecular weight is 573 g/mol. The summed E-state index contributed by atoms with van der Waals surface area (Å²) in [6, 6.07) is 9.86. The zero-order valence-electron chi connectivity index (χ0n) is 25.3. The largest absolute Gasteiger partial charge is 0.496 e. The van der Waals surface area contributed by atoms with Crippen molar-refractivity contribution >= 4 is 22.9 Å². The SMILES string of the molecule is CCC/C(C)=C(\c1ccc(N(/C=C(/C)CC)c2cc(OC)c(C(=O)NCC(F)(F)F)c(OC)c2)c(C)c1)C1CCC1. The number of alkyl halides is 3. The molecule has 0 radical (unpaired) electrons. The molecule has 0 spiro atoms. The molecule has 41 heavy (non-hydrogen) atoms. The molecule has 5 nitrogen and oxygen atoms in total. The Labute approximate surface area is 242 Å². The fraction of sp³-hybridized carbons (Fsp3) is 0.485. The second-order valence-corrected chi connectivity index (χ2v) is 10.8. The van der Waals surface area contributed by atoms with Crippen molar-refractivity contribution in [2.75, 3.05) is 25.7 Å². The highest BCUT2D eigenvalue weighted by Gasteiger charge is 2.30. The van der Waals surface area contributed by atoms with Gasteiger partial charge in [-0.3, -0.25) is 4.79 Å². The minimum Gasteiger partial charge on any atom is -0.496 e. The molecule has 0 atom stereocenters. The third-order valence-electron chi connectivity index (χ3n) is 7.72. The van der Waals surface area contributed by atoms with Crippen LogP contribution in [0.4, 0.5) is 24.5 Å². The number of anilines is 2. The van der Waals surface area contributed by atoms with Crippen LogP contribution in [0.25, 0.3) is 5.57 Å². The lowest BCUT2D eigenvalue weighted by Crippen LogP contribution is -2.34. The topological polar surface area (TPSA) is 50.8 Å². The number of allylic oxidation sites excluding steroid dienone is 3. The zero-order valence-corrected chi connectivity index (χ0v) is 25.3. The van der Waals surface area contributed by atoms with E-state index in [2.05, 4.69) is 45.9 Å². The van der Waals surface area contributed by atoms with Gasteiger partial charge in [-0.15, -0.1) is 0 Å². The summed E-state index contributed by atoms with van der Waals surface area (Å²) >= 11 is 0. The number of amides is 1. The van der Waals surface area contributed by atoms with Crippen molar-refractivity contribution in [1.29, 1.82) is 0 Å². The molecule has 0 unspecified atom stereocenters. The molecule has 1 aliphatic rings. The number of carbonyl (C=O) groups is 1. The molecule has 8 heteroatoms. The number of carbonyl (C=O) groups excluding carboxylic acids is 1. The molecule has 1 aliphatic carbocycles. The van der Waals surface area contributed by atoms with Crippen LogP contribution in [0.5, 0.6) is 11.5 Å². The summed E-state index contributed by atoms with van der Waals surface area (Å²) in [6.45, 7) is 9.21. The molecule has 0 aromatic heterocycles. The summed E-state index contributed by atoms with van der Waals surface area (Å²) in [5.74, 6) is -0.0834. The van der Waals surface area contributed by atoms with Crippen LogP contribution in [0.15, 0.2) is 47.7 Å². The summed E-state index contributed by atoms with van der Waals surface area (Å²) in [5.41, 5.74) is 7.89. The van der Waals surface area contributed by atoms with Crippen LogP contribution >= 0.6 is 0 Å². The molecule has 2 aromatic carbocycles. The Kier molecular flexibility index (Phi) is 10.9. The Balaban J connectivity index is 2.12. The quantitative estimate of drug-likeness (QED) is 0.276. The number of rotatable bonds is 12. The van der Waals surface area contributed by atoms with Crippen LogP contribution in [0.1, 0.15) is 87.7 Å². The Morgan fingerprint density at radius 1 is 1.07 bits per heavy atom. The smallest absolute Gasteiger partial charge is 0.405 e. The van der Waals surface area contributed by atoms with Crippen molar-refractivity contribution in [3.8, 4) is 11.5 Å². The number of hydrogen-bond acceptors (Lipinski definition) is 4. The molecular weight excluding hydrogens is 529 g/mol. The summed E-state index contributed by atoms with van der Waals surface area (Å²) in [4.78, 5) is 14.8. The number of ether oxygens (including phenoxy) is 2. The fourth-order valence-electron chi connectivity index (χ4n) is 5.26. The molecule has 0 aliphatic heterocycles. The van der Waals surface area contributed by atoms with E-state index in [1.165, 1.54) is 50.2 Å². The first kappa shape index (κ1) is 32.1. The first-order valence-electron chi connectivity index (χ1n) is 14.3. The van der Waals surface area contributed by atoms with E-state index in [9.17, 15) is 18.0 Å². The van der Waals surface area contributed by atoms with Gasteiger partial charge in [-0.25, -0.2) is 0 Å². The lowest BCUT2D eigenvalue weighted by Gasteiger charge is -2.31. The highest BCUT2D eigenvalue weighted by molar-refractivity contribution is 6.00. The van der Waals surface area contributed by atoms with E-state index >= 15 is 0 Å². The molecular formula is C33H43F3N2O3. The highest BCUT2D eigenvalue weighted by Crippen LogP contribution is 2.43. The van der Waals surface area contributed by atoms with Crippen molar-refractivity contribution < 1.29 is 27.4 Å². The van der Waals surface area contributed by atoms with E-state index < -0.39 is 18.6 Å². The maximum Gasteiger partial charge on any atom is 0.405 e. The first-order valence-corrected chi connectivity index (χ1v) is 14.3. The van der Waals surface area contributed by atoms with Crippen LogP contribution in [0.3, 0.4) is 0 Å². The van der Waals surface area contributed by atoms with Gasteiger partial charge in [0.2, 0.25) is 0 Å². The lowest BCUT2D eigenvalue weighted by atomic mass is 9.74. The predicted molar refractivity (Wildman–Crippen MR) is 160 cm³/mol. The van der Waals surface area contributed by atoms with E-state index in [0.29, 0.717) is 11.6 Å². The maximum atomic E-state index is 12.8. The number of nitrogens with zero attached hydrogens (tertiary/aromatic N) is 1. The second-order valence-electron chi connectivity index (χ2n) is 10.8. The van der Waals surface area contributed by atoms with Gasteiger partial charge >= 0.3 is 6.18 Å². The summed E-state index contributed by atoms with van der Waals surface area (Å²) < 4.78 is 49.3. The molecule has 1 saturated carbocycles. The van der Waals surface area contributed by atoms with Crippen LogP contribution in [-0.2, 0) is 0 Å². The lowest BCUT2D eigenvalue weighted by molar-refractivity contribution is -0.123. The van der Waals surface area contributed by atoms with Gasteiger partial charge in [0.1, 0.15) is 23.6 Å². The Bertz CT molecular complexity index is 1270. The minimum atomic E-state index is -4.54. The Morgan fingerprint density at radius 2 is 1.71 bits per heavy atom. The first-order chi connectivity index (χ1) is 19.4. The van der Waals surface area contributed by atoms with Crippen molar-refractivity contribution in [1.82, 2.24) is 5.32 Å². The van der Waals surface area contributed by atoms with Crippen LogP contribution in [0, 0.1) is 12.8 Å². The predicted octanol–water partition coefficient (Wildman–Crippen LogP) is 9.13. The van der Waals surface area contributed by atoms with E-state index in [-0.39, 0.29) is 17.1 Å². The molecule has 0 saturated heterocycles. The average Bonchev–Trinajstić information content (AvgIpc) is 2.91. The third-order valence-corrected chi connectivity index (χ3v) is 7.72. The van der Waals surface area contributed by atoms with Crippen LogP contribution < -0.4 is 19.7 Å². The number of methoxy groups -OCH3 is 2. The highest BCUT2D eigenvalue weighted by atomic mass is 19.4. The molecule has 1 fully saturated rings. The van der Waals surface area contributed by atoms with E-state index in [1.54, 1.807) is 12.1 Å². The number of aryl methyl sites for hydroxylation is 1. The summed E-state index contributed by atoms with van der Waals surface area (Å²) in [7, 11) is 2.76. The van der Waals surface area contributed by atoms with Crippen molar-refractivity contribution in [3.05, 3.63) is 64.4 Å². The molecule has 1 amide bonds. The number of nitrogens with one attached hydrogen (secondary N) is 1. The van der Waals surface area contributed by atoms with Crippen molar-refractivity contribution in [2.45, 2.75) is 79.3 Å². The Morgan fingerprint density at radius 3 is 2.17 bits per heavy atom. The summed E-state index contributed by atoms with van der Waals surface area (Å²) in [6.07, 6.45) is 4.24.